The maximum atomic E-state index is 5.73. The van der Waals surface area contributed by atoms with E-state index in [-0.39, 0.29) is 12.1 Å². The van der Waals surface area contributed by atoms with Crippen molar-refractivity contribution in [3.63, 3.8) is 0 Å². The monoisotopic (exact) mass is 247 g/mol. The minimum atomic E-state index is -0.208. The first-order valence-corrected chi connectivity index (χ1v) is 5.80. The van der Waals surface area contributed by atoms with Crippen molar-refractivity contribution >= 4 is 0 Å². The third-order valence-corrected chi connectivity index (χ3v) is 2.18. The Bertz CT molecular complexity index is 512. The third-order valence-electron chi connectivity index (χ3n) is 2.18. The van der Waals surface area contributed by atoms with E-state index in [0.717, 1.165) is 11.3 Å². The zero-order valence-corrected chi connectivity index (χ0v) is 10.8. The van der Waals surface area contributed by atoms with Gasteiger partial charge in [-0.1, -0.05) is 5.16 Å². The highest BCUT2D eigenvalue weighted by molar-refractivity contribution is 5.55. The molecule has 0 saturated heterocycles. The van der Waals surface area contributed by atoms with Crippen LogP contribution in [-0.4, -0.2) is 15.7 Å². The Morgan fingerprint density at radius 2 is 1.89 bits per heavy atom. The molecule has 0 aliphatic heterocycles. The zero-order chi connectivity index (χ0) is 13.2. The van der Waals surface area contributed by atoms with E-state index in [2.05, 4.69) is 10.1 Å². The summed E-state index contributed by atoms with van der Waals surface area (Å²) in [7, 11) is 0. The molecule has 0 atom stereocenters. The first kappa shape index (κ1) is 12.6. The third kappa shape index (κ3) is 3.07. The summed E-state index contributed by atoms with van der Waals surface area (Å²) in [5, 5.41) is 3.85. The predicted octanol–water partition coefficient (Wildman–Crippen LogP) is 2.37. The number of aromatic nitrogens is 2. The van der Waals surface area contributed by atoms with Crippen LogP contribution in [-0.2, 0) is 6.54 Å². The van der Waals surface area contributed by atoms with E-state index >= 15 is 0 Å². The van der Waals surface area contributed by atoms with E-state index in [4.69, 9.17) is 15.0 Å². The maximum Gasteiger partial charge on any atom is 0.240 e. The molecule has 1 heterocycles. The standard InChI is InChI=1S/C13H17N3O2/c1-13(2,3)17-10-6-4-9(5-7-10)12-15-11(8-14)18-16-12/h4-7H,8,14H2,1-3H3. The molecule has 0 fully saturated rings. The van der Waals surface area contributed by atoms with Gasteiger partial charge < -0.3 is 15.0 Å². The second-order valence-electron chi connectivity index (χ2n) is 4.95. The van der Waals surface area contributed by atoms with Gasteiger partial charge in [0.1, 0.15) is 11.4 Å². The van der Waals surface area contributed by atoms with Crippen molar-refractivity contribution in [2.24, 2.45) is 5.73 Å². The Balaban J connectivity index is 2.17. The number of nitrogens with zero attached hydrogens (tertiary/aromatic N) is 2. The van der Waals surface area contributed by atoms with Crippen LogP contribution in [0.1, 0.15) is 26.7 Å². The highest BCUT2D eigenvalue weighted by atomic mass is 16.5. The molecule has 1 aromatic heterocycles. The molecular formula is C13H17N3O2. The van der Waals surface area contributed by atoms with Crippen LogP contribution in [0.25, 0.3) is 11.4 Å². The molecule has 0 unspecified atom stereocenters. The minimum Gasteiger partial charge on any atom is -0.488 e. The zero-order valence-electron chi connectivity index (χ0n) is 10.8. The smallest absolute Gasteiger partial charge is 0.240 e. The minimum absolute atomic E-state index is 0.208. The molecule has 0 saturated carbocycles. The van der Waals surface area contributed by atoms with Crippen molar-refractivity contribution in [1.29, 1.82) is 0 Å². The average Bonchev–Trinajstić information content (AvgIpc) is 2.76. The van der Waals surface area contributed by atoms with Gasteiger partial charge in [-0.25, -0.2) is 0 Å². The van der Waals surface area contributed by atoms with Crippen LogP contribution in [0.15, 0.2) is 28.8 Å². The van der Waals surface area contributed by atoms with Gasteiger partial charge in [0.05, 0.1) is 6.54 Å². The number of hydrogen-bond donors (Lipinski definition) is 1. The molecule has 0 spiro atoms. The van der Waals surface area contributed by atoms with Crippen molar-refractivity contribution < 1.29 is 9.26 Å². The van der Waals surface area contributed by atoms with Gasteiger partial charge in [0, 0.05) is 5.56 Å². The maximum absolute atomic E-state index is 5.73. The fourth-order valence-electron chi connectivity index (χ4n) is 1.48. The number of hydrogen-bond acceptors (Lipinski definition) is 5. The van der Waals surface area contributed by atoms with Gasteiger partial charge >= 0.3 is 0 Å². The van der Waals surface area contributed by atoms with Gasteiger partial charge in [-0.3, -0.25) is 0 Å². The van der Waals surface area contributed by atoms with Crippen LogP contribution in [0.3, 0.4) is 0 Å². The molecule has 18 heavy (non-hydrogen) atoms. The summed E-state index contributed by atoms with van der Waals surface area (Å²) < 4.78 is 10.7. The van der Waals surface area contributed by atoms with Crippen molar-refractivity contribution in [3.05, 3.63) is 30.2 Å². The molecule has 1 aromatic carbocycles. The molecule has 2 rings (SSSR count). The lowest BCUT2D eigenvalue weighted by Gasteiger charge is -2.21. The first-order valence-electron chi connectivity index (χ1n) is 5.80. The lowest BCUT2D eigenvalue weighted by atomic mass is 10.1. The van der Waals surface area contributed by atoms with Crippen LogP contribution >= 0.6 is 0 Å². The highest BCUT2D eigenvalue weighted by Crippen LogP contribution is 2.22. The molecule has 2 N–H and O–H groups in total. The number of nitrogens with two attached hydrogens (primary N) is 1. The number of ether oxygens (including phenoxy) is 1. The molecule has 0 aliphatic rings. The molecule has 0 aliphatic carbocycles. The van der Waals surface area contributed by atoms with Gasteiger partial charge in [0.2, 0.25) is 11.7 Å². The van der Waals surface area contributed by atoms with Crippen LogP contribution in [0, 0.1) is 0 Å². The normalized spacial score (nSPS) is 11.6. The SMILES string of the molecule is CC(C)(C)Oc1ccc(-c2noc(CN)n2)cc1. The van der Waals surface area contributed by atoms with Gasteiger partial charge in [0.15, 0.2) is 0 Å². The summed E-state index contributed by atoms with van der Waals surface area (Å²) in [6, 6.07) is 7.57. The summed E-state index contributed by atoms with van der Waals surface area (Å²) in [5.41, 5.74) is 6.09. The summed E-state index contributed by atoms with van der Waals surface area (Å²) in [5.74, 6) is 1.78. The van der Waals surface area contributed by atoms with Crippen molar-refractivity contribution in [3.8, 4) is 17.1 Å². The Labute approximate surface area is 106 Å². The van der Waals surface area contributed by atoms with Crippen molar-refractivity contribution in [2.75, 3.05) is 0 Å². The number of rotatable bonds is 3. The van der Waals surface area contributed by atoms with Gasteiger partial charge in [-0.15, -0.1) is 0 Å². The van der Waals surface area contributed by atoms with Crippen LogP contribution < -0.4 is 10.5 Å². The van der Waals surface area contributed by atoms with E-state index in [1.54, 1.807) is 0 Å². The highest BCUT2D eigenvalue weighted by Gasteiger charge is 2.12. The topological polar surface area (TPSA) is 74.2 Å². The Kier molecular flexibility index (Phi) is 3.34. The van der Waals surface area contributed by atoms with Crippen LogP contribution in [0.5, 0.6) is 5.75 Å². The molecule has 96 valence electrons. The quantitative estimate of drug-likeness (QED) is 0.901. The average molecular weight is 247 g/mol. The molecule has 5 nitrogen and oxygen atoms in total. The van der Waals surface area contributed by atoms with E-state index < -0.39 is 0 Å². The van der Waals surface area contributed by atoms with E-state index in [9.17, 15) is 0 Å². The van der Waals surface area contributed by atoms with E-state index in [1.165, 1.54) is 0 Å². The van der Waals surface area contributed by atoms with Crippen LogP contribution in [0.2, 0.25) is 0 Å². The van der Waals surface area contributed by atoms with Gasteiger partial charge in [0.25, 0.3) is 0 Å². The molecule has 0 bridgehead atoms. The summed E-state index contributed by atoms with van der Waals surface area (Å²) in [6.07, 6.45) is 0. The van der Waals surface area contributed by atoms with Crippen molar-refractivity contribution in [2.45, 2.75) is 32.9 Å². The summed E-state index contributed by atoms with van der Waals surface area (Å²) in [4.78, 5) is 4.16. The predicted molar refractivity (Wildman–Crippen MR) is 68.0 cm³/mol. The van der Waals surface area contributed by atoms with Crippen LogP contribution in [0.4, 0.5) is 0 Å². The Hall–Kier alpha value is -1.88. The fraction of sp³-hybridized carbons (Fsp3) is 0.385. The van der Waals surface area contributed by atoms with Crippen molar-refractivity contribution in [1.82, 2.24) is 10.1 Å². The van der Waals surface area contributed by atoms with E-state index in [0.29, 0.717) is 11.7 Å². The lowest BCUT2D eigenvalue weighted by Crippen LogP contribution is -2.22. The summed E-state index contributed by atoms with van der Waals surface area (Å²) >= 11 is 0. The first-order chi connectivity index (χ1) is 8.48. The number of benzene rings is 1. The molecular weight excluding hydrogens is 230 g/mol. The lowest BCUT2D eigenvalue weighted by molar-refractivity contribution is 0.131. The molecule has 5 heteroatoms. The van der Waals surface area contributed by atoms with Gasteiger partial charge in [-0.05, 0) is 45.0 Å². The van der Waals surface area contributed by atoms with E-state index in [1.807, 2.05) is 45.0 Å². The largest absolute Gasteiger partial charge is 0.488 e. The molecule has 0 radical (unpaired) electrons. The summed E-state index contributed by atoms with van der Waals surface area (Å²) in [6.45, 7) is 6.27. The second kappa shape index (κ2) is 4.78. The Morgan fingerprint density at radius 1 is 1.22 bits per heavy atom. The Morgan fingerprint density at radius 3 is 2.39 bits per heavy atom. The van der Waals surface area contributed by atoms with Gasteiger partial charge in [-0.2, -0.15) is 4.98 Å². The second-order valence-corrected chi connectivity index (χ2v) is 4.95. The fourth-order valence-corrected chi connectivity index (χ4v) is 1.48. The molecule has 0 amide bonds. The molecule has 2 aromatic rings.